The minimum atomic E-state index is -0.455. The number of methoxy groups -OCH3 is 1. The summed E-state index contributed by atoms with van der Waals surface area (Å²) >= 11 is 0. The molecule has 2 aromatic rings. The van der Waals surface area contributed by atoms with Crippen LogP contribution in [-0.4, -0.2) is 12.0 Å². The first-order valence-electron chi connectivity index (χ1n) is 6.19. The number of hydrogen-bond donors (Lipinski definition) is 1. The number of hydrogen-bond acceptors (Lipinski definition) is 5. The number of nitrogens with zero attached hydrogens (tertiary/aromatic N) is 2. The fraction of sp³-hybridized carbons (Fsp3) is 0.133. The lowest BCUT2D eigenvalue weighted by Crippen LogP contribution is -2.03. The Bertz CT molecular complexity index is 690. The maximum Gasteiger partial charge on any atom is 0.296 e. The first-order valence-corrected chi connectivity index (χ1v) is 6.19. The molecule has 21 heavy (non-hydrogen) atoms. The fourth-order valence-corrected chi connectivity index (χ4v) is 1.83. The zero-order chi connectivity index (χ0) is 15.2. The van der Waals surface area contributed by atoms with Crippen molar-refractivity contribution in [2.75, 3.05) is 12.4 Å². The molecule has 0 bridgehead atoms. The Morgan fingerprint density at radius 3 is 2.57 bits per heavy atom. The highest BCUT2D eigenvalue weighted by molar-refractivity contribution is 5.64. The highest BCUT2D eigenvalue weighted by Crippen LogP contribution is 2.29. The van der Waals surface area contributed by atoms with Crippen molar-refractivity contribution < 1.29 is 9.66 Å². The predicted molar refractivity (Wildman–Crippen MR) is 78.1 cm³/mol. The van der Waals surface area contributed by atoms with E-state index in [9.17, 15) is 10.1 Å². The molecule has 0 atom stereocenters. The highest BCUT2D eigenvalue weighted by atomic mass is 16.6. The van der Waals surface area contributed by atoms with Gasteiger partial charge in [-0.3, -0.25) is 10.1 Å². The van der Waals surface area contributed by atoms with Gasteiger partial charge in [0.1, 0.15) is 11.4 Å². The second-order valence-corrected chi connectivity index (χ2v) is 4.30. The average molecular weight is 283 g/mol. The van der Waals surface area contributed by atoms with Crippen molar-refractivity contribution >= 4 is 11.4 Å². The Labute approximate surface area is 121 Å². The molecule has 0 aromatic heterocycles. The molecule has 0 radical (unpaired) electrons. The normalized spacial score (nSPS) is 9.71. The van der Waals surface area contributed by atoms with Crippen molar-refractivity contribution in [3.05, 3.63) is 63.7 Å². The van der Waals surface area contributed by atoms with Gasteiger partial charge in [-0.1, -0.05) is 12.1 Å². The van der Waals surface area contributed by atoms with Crippen LogP contribution < -0.4 is 10.1 Å². The largest absolute Gasteiger partial charge is 0.496 e. The fourth-order valence-electron chi connectivity index (χ4n) is 1.83. The standard InChI is InChI=1S/C15H13N3O3/c1-21-13-6-7-14(15(8-13)18(19)20)17-10-12-4-2-11(9-16)3-5-12/h2-8,17H,10H2,1H3. The topological polar surface area (TPSA) is 88.2 Å². The summed E-state index contributed by atoms with van der Waals surface area (Å²) in [6.45, 7) is 0.429. The summed E-state index contributed by atoms with van der Waals surface area (Å²) in [6, 6.07) is 13.7. The molecule has 2 aromatic carbocycles. The van der Waals surface area contributed by atoms with E-state index in [4.69, 9.17) is 10.00 Å². The number of nitrogens with one attached hydrogen (secondary N) is 1. The van der Waals surface area contributed by atoms with Crippen molar-refractivity contribution in [3.8, 4) is 11.8 Å². The monoisotopic (exact) mass is 283 g/mol. The first kappa shape index (κ1) is 14.3. The van der Waals surface area contributed by atoms with Gasteiger partial charge in [0, 0.05) is 6.54 Å². The molecule has 0 heterocycles. The Kier molecular flexibility index (Phi) is 4.36. The number of nitriles is 1. The summed E-state index contributed by atoms with van der Waals surface area (Å²) < 4.78 is 4.99. The van der Waals surface area contributed by atoms with E-state index in [1.54, 1.807) is 36.4 Å². The Balaban J connectivity index is 2.15. The van der Waals surface area contributed by atoms with Crippen LogP contribution in [0.3, 0.4) is 0 Å². The van der Waals surface area contributed by atoms with E-state index in [-0.39, 0.29) is 5.69 Å². The Morgan fingerprint density at radius 2 is 2.00 bits per heavy atom. The van der Waals surface area contributed by atoms with Crippen molar-refractivity contribution in [1.82, 2.24) is 0 Å². The lowest BCUT2D eigenvalue weighted by atomic mass is 10.1. The lowest BCUT2D eigenvalue weighted by molar-refractivity contribution is -0.384. The second-order valence-electron chi connectivity index (χ2n) is 4.30. The number of ether oxygens (including phenoxy) is 1. The minimum absolute atomic E-state index is 0.0389. The number of nitro groups is 1. The van der Waals surface area contributed by atoms with Crippen molar-refractivity contribution in [1.29, 1.82) is 5.26 Å². The molecule has 0 aliphatic rings. The Morgan fingerprint density at radius 1 is 1.29 bits per heavy atom. The number of rotatable bonds is 5. The third-order valence-electron chi connectivity index (χ3n) is 2.97. The van der Waals surface area contributed by atoms with Crippen LogP contribution in [0.1, 0.15) is 11.1 Å². The van der Waals surface area contributed by atoms with Gasteiger partial charge in [0.05, 0.1) is 29.7 Å². The van der Waals surface area contributed by atoms with Crippen LogP contribution in [0.25, 0.3) is 0 Å². The van der Waals surface area contributed by atoms with Crippen LogP contribution in [0.4, 0.5) is 11.4 Å². The van der Waals surface area contributed by atoms with Crippen LogP contribution in [0.2, 0.25) is 0 Å². The van der Waals surface area contributed by atoms with Crippen LogP contribution >= 0.6 is 0 Å². The van der Waals surface area contributed by atoms with Gasteiger partial charge in [-0.2, -0.15) is 5.26 Å². The molecule has 2 rings (SSSR count). The third kappa shape index (κ3) is 3.48. The molecule has 0 aliphatic heterocycles. The zero-order valence-corrected chi connectivity index (χ0v) is 11.4. The smallest absolute Gasteiger partial charge is 0.296 e. The van der Waals surface area contributed by atoms with Crippen LogP contribution in [0.15, 0.2) is 42.5 Å². The molecule has 0 saturated heterocycles. The molecule has 0 spiro atoms. The first-order chi connectivity index (χ1) is 10.1. The summed E-state index contributed by atoms with van der Waals surface area (Å²) in [4.78, 5) is 10.6. The molecule has 6 heteroatoms. The van der Waals surface area contributed by atoms with Gasteiger partial charge in [0.15, 0.2) is 0 Å². The van der Waals surface area contributed by atoms with E-state index in [2.05, 4.69) is 5.32 Å². The quantitative estimate of drug-likeness (QED) is 0.673. The summed E-state index contributed by atoms with van der Waals surface area (Å²) in [5.74, 6) is 0.436. The van der Waals surface area contributed by atoms with Gasteiger partial charge in [-0.25, -0.2) is 0 Å². The summed E-state index contributed by atoms with van der Waals surface area (Å²) in [7, 11) is 1.46. The molecule has 0 saturated carbocycles. The number of benzene rings is 2. The predicted octanol–water partition coefficient (Wildman–Crippen LogP) is 3.09. The molecule has 0 fully saturated rings. The molecule has 0 unspecified atom stereocenters. The molecule has 106 valence electrons. The van der Waals surface area contributed by atoms with Gasteiger partial charge in [-0.05, 0) is 29.8 Å². The molecular formula is C15H13N3O3. The van der Waals surface area contributed by atoms with E-state index < -0.39 is 4.92 Å². The molecular weight excluding hydrogens is 270 g/mol. The minimum Gasteiger partial charge on any atom is -0.496 e. The maximum absolute atomic E-state index is 11.1. The van der Waals surface area contributed by atoms with Gasteiger partial charge in [-0.15, -0.1) is 0 Å². The summed E-state index contributed by atoms with van der Waals surface area (Å²) in [6.07, 6.45) is 0. The van der Waals surface area contributed by atoms with Crippen molar-refractivity contribution in [2.45, 2.75) is 6.54 Å². The van der Waals surface area contributed by atoms with E-state index in [1.165, 1.54) is 13.2 Å². The number of nitro benzene ring substituents is 1. The molecule has 0 aliphatic carbocycles. The summed E-state index contributed by atoms with van der Waals surface area (Å²) in [5.41, 5.74) is 1.89. The van der Waals surface area contributed by atoms with Crippen LogP contribution in [0, 0.1) is 21.4 Å². The van der Waals surface area contributed by atoms with Gasteiger partial charge < -0.3 is 10.1 Å². The highest BCUT2D eigenvalue weighted by Gasteiger charge is 2.14. The summed E-state index contributed by atoms with van der Waals surface area (Å²) in [5, 5.41) is 22.8. The van der Waals surface area contributed by atoms with E-state index in [0.29, 0.717) is 23.5 Å². The Hall–Kier alpha value is -3.07. The van der Waals surface area contributed by atoms with E-state index in [0.717, 1.165) is 5.56 Å². The molecule has 1 N–H and O–H groups in total. The van der Waals surface area contributed by atoms with E-state index in [1.807, 2.05) is 6.07 Å². The maximum atomic E-state index is 11.1. The average Bonchev–Trinajstić information content (AvgIpc) is 2.53. The van der Waals surface area contributed by atoms with Gasteiger partial charge in [0.2, 0.25) is 0 Å². The molecule has 6 nitrogen and oxygen atoms in total. The van der Waals surface area contributed by atoms with E-state index >= 15 is 0 Å². The SMILES string of the molecule is COc1ccc(NCc2ccc(C#N)cc2)c([N+](=O)[O-])c1. The lowest BCUT2D eigenvalue weighted by Gasteiger charge is -2.08. The second kappa shape index (κ2) is 6.39. The van der Waals surface area contributed by atoms with Crippen molar-refractivity contribution in [3.63, 3.8) is 0 Å². The van der Waals surface area contributed by atoms with Crippen LogP contribution in [-0.2, 0) is 6.54 Å². The van der Waals surface area contributed by atoms with Crippen molar-refractivity contribution in [2.24, 2.45) is 0 Å². The zero-order valence-electron chi connectivity index (χ0n) is 11.4. The van der Waals surface area contributed by atoms with Gasteiger partial charge in [0.25, 0.3) is 5.69 Å². The van der Waals surface area contributed by atoms with Gasteiger partial charge >= 0.3 is 0 Å². The number of anilines is 1. The van der Waals surface area contributed by atoms with Crippen LogP contribution in [0.5, 0.6) is 5.75 Å². The molecule has 0 amide bonds. The third-order valence-corrected chi connectivity index (χ3v) is 2.97.